The molecule has 1 N–H and O–H groups in total. The molecule has 1 aromatic rings. The maximum Gasteiger partial charge on any atom is 0.0406 e. The molecule has 0 bridgehead atoms. The van der Waals surface area contributed by atoms with Gasteiger partial charge >= 0.3 is 0 Å². The third kappa shape index (κ3) is 4.48. The van der Waals surface area contributed by atoms with Gasteiger partial charge < -0.3 is 5.32 Å². The predicted molar refractivity (Wildman–Crippen MR) is 82.7 cm³/mol. The monoisotopic (exact) mass is 280 g/mol. The molecule has 1 aliphatic heterocycles. The van der Waals surface area contributed by atoms with Gasteiger partial charge in [-0.25, -0.2) is 0 Å². The Kier molecular flexibility index (Phi) is 5.68. The molecule has 0 aromatic heterocycles. The summed E-state index contributed by atoms with van der Waals surface area (Å²) in [6, 6.07) is 8.67. The fourth-order valence-electron chi connectivity index (χ4n) is 2.78. The Hall–Kier alpha value is -0.570. The molecule has 0 radical (unpaired) electrons. The molecule has 0 spiro atoms. The Morgan fingerprint density at radius 3 is 2.74 bits per heavy atom. The maximum atomic E-state index is 5.93. The van der Waals surface area contributed by atoms with Gasteiger partial charge in [-0.15, -0.1) is 0 Å². The zero-order chi connectivity index (χ0) is 13.7. The van der Waals surface area contributed by atoms with E-state index in [9.17, 15) is 0 Å². The van der Waals surface area contributed by atoms with E-state index in [-0.39, 0.29) is 0 Å². The van der Waals surface area contributed by atoms with Crippen molar-refractivity contribution in [1.29, 1.82) is 0 Å². The van der Waals surface area contributed by atoms with Crippen molar-refractivity contribution in [3.8, 4) is 0 Å². The van der Waals surface area contributed by atoms with Gasteiger partial charge in [0, 0.05) is 11.1 Å². The van der Waals surface area contributed by atoms with Gasteiger partial charge in [-0.2, -0.15) is 0 Å². The first-order valence-electron chi connectivity index (χ1n) is 7.33. The van der Waals surface area contributed by atoms with E-state index in [1.165, 1.54) is 44.5 Å². The van der Waals surface area contributed by atoms with Gasteiger partial charge in [0.25, 0.3) is 0 Å². The zero-order valence-corrected chi connectivity index (χ0v) is 12.8. The van der Waals surface area contributed by atoms with E-state index in [2.05, 4.69) is 36.3 Å². The molecule has 1 aliphatic rings. The highest BCUT2D eigenvalue weighted by molar-refractivity contribution is 6.30. The van der Waals surface area contributed by atoms with Gasteiger partial charge in [0.05, 0.1) is 0 Å². The largest absolute Gasteiger partial charge is 0.316 e. The number of halogens is 1. The van der Waals surface area contributed by atoms with Crippen LogP contribution in [0.25, 0.3) is 0 Å². The van der Waals surface area contributed by atoms with Crippen LogP contribution in [0.1, 0.15) is 37.8 Å². The molecule has 2 unspecified atom stereocenters. The maximum absolute atomic E-state index is 5.93. The van der Waals surface area contributed by atoms with Gasteiger partial charge in [-0.1, -0.05) is 23.7 Å². The molecule has 2 nitrogen and oxygen atoms in total. The van der Waals surface area contributed by atoms with E-state index in [1.807, 2.05) is 12.1 Å². The molecular weight excluding hydrogens is 256 g/mol. The SMILES string of the molecule is CC(c1ccc(Cl)cc1)N(C)CCCC1CCNC1. The van der Waals surface area contributed by atoms with Crippen LogP contribution in [-0.4, -0.2) is 31.6 Å². The van der Waals surface area contributed by atoms with Crippen LogP contribution in [0.5, 0.6) is 0 Å². The summed E-state index contributed by atoms with van der Waals surface area (Å²) < 4.78 is 0. The van der Waals surface area contributed by atoms with Crippen molar-refractivity contribution in [2.75, 3.05) is 26.7 Å². The number of hydrogen-bond acceptors (Lipinski definition) is 2. The van der Waals surface area contributed by atoms with Crippen LogP contribution < -0.4 is 5.32 Å². The lowest BCUT2D eigenvalue weighted by Crippen LogP contribution is -2.24. The van der Waals surface area contributed by atoms with E-state index in [4.69, 9.17) is 11.6 Å². The van der Waals surface area contributed by atoms with Crippen molar-refractivity contribution >= 4 is 11.6 Å². The van der Waals surface area contributed by atoms with Crippen LogP contribution in [0.15, 0.2) is 24.3 Å². The highest BCUT2D eigenvalue weighted by Crippen LogP contribution is 2.22. The molecule has 19 heavy (non-hydrogen) atoms. The van der Waals surface area contributed by atoms with Gasteiger partial charge in [-0.3, -0.25) is 4.90 Å². The van der Waals surface area contributed by atoms with Crippen LogP contribution in [0, 0.1) is 5.92 Å². The molecule has 0 saturated carbocycles. The van der Waals surface area contributed by atoms with Crippen molar-refractivity contribution in [3.63, 3.8) is 0 Å². The van der Waals surface area contributed by atoms with Crippen LogP contribution in [0.4, 0.5) is 0 Å². The lowest BCUT2D eigenvalue weighted by molar-refractivity contribution is 0.250. The summed E-state index contributed by atoms with van der Waals surface area (Å²) in [4.78, 5) is 2.44. The molecule has 2 atom stereocenters. The normalized spacial score (nSPS) is 20.9. The molecule has 0 aliphatic carbocycles. The molecule has 2 rings (SSSR count). The van der Waals surface area contributed by atoms with Gasteiger partial charge in [-0.05, 0) is 76.5 Å². The molecule has 1 heterocycles. The lowest BCUT2D eigenvalue weighted by atomic mass is 10.0. The number of hydrogen-bond donors (Lipinski definition) is 1. The van der Waals surface area contributed by atoms with E-state index in [1.54, 1.807) is 0 Å². The third-order valence-electron chi connectivity index (χ3n) is 4.30. The highest BCUT2D eigenvalue weighted by atomic mass is 35.5. The molecular formula is C16H25ClN2. The molecule has 1 aromatic carbocycles. The fourth-order valence-corrected chi connectivity index (χ4v) is 2.91. The second-order valence-corrected chi connectivity index (χ2v) is 6.15. The summed E-state index contributed by atoms with van der Waals surface area (Å²) >= 11 is 5.93. The summed E-state index contributed by atoms with van der Waals surface area (Å²) in [6.07, 6.45) is 4.00. The first-order valence-corrected chi connectivity index (χ1v) is 7.71. The summed E-state index contributed by atoms with van der Waals surface area (Å²) in [5.41, 5.74) is 1.34. The highest BCUT2D eigenvalue weighted by Gasteiger charge is 2.15. The number of nitrogens with one attached hydrogen (secondary N) is 1. The van der Waals surface area contributed by atoms with E-state index < -0.39 is 0 Å². The Balaban J connectivity index is 1.75. The minimum absolute atomic E-state index is 0.457. The summed E-state index contributed by atoms with van der Waals surface area (Å²) in [5, 5.41) is 4.25. The zero-order valence-electron chi connectivity index (χ0n) is 12.0. The topological polar surface area (TPSA) is 15.3 Å². The van der Waals surface area contributed by atoms with Crippen molar-refractivity contribution < 1.29 is 0 Å². The van der Waals surface area contributed by atoms with Crippen molar-refractivity contribution in [3.05, 3.63) is 34.9 Å². The molecule has 0 amide bonds. The van der Waals surface area contributed by atoms with Crippen molar-refractivity contribution in [1.82, 2.24) is 10.2 Å². The van der Waals surface area contributed by atoms with Crippen LogP contribution in [0.3, 0.4) is 0 Å². The smallest absolute Gasteiger partial charge is 0.0406 e. The minimum Gasteiger partial charge on any atom is -0.316 e. The first kappa shape index (κ1) is 14.8. The summed E-state index contributed by atoms with van der Waals surface area (Å²) in [5.74, 6) is 0.902. The lowest BCUT2D eigenvalue weighted by Gasteiger charge is -2.25. The van der Waals surface area contributed by atoms with Crippen LogP contribution in [0.2, 0.25) is 5.02 Å². The molecule has 3 heteroatoms. The van der Waals surface area contributed by atoms with E-state index in [0.717, 1.165) is 10.9 Å². The second kappa shape index (κ2) is 7.28. The van der Waals surface area contributed by atoms with Crippen molar-refractivity contribution in [2.24, 2.45) is 5.92 Å². The fraction of sp³-hybridized carbons (Fsp3) is 0.625. The molecule has 1 fully saturated rings. The third-order valence-corrected chi connectivity index (χ3v) is 4.55. The van der Waals surface area contributed by atoms with Gasteiger partial charge in [0.1, 0.15) is 0 Å². The summed E-state index contributed by atoms with van der Waals surface area (Å²) in [6.45, 7) is 5.86. The predicted octanol–water partition coefficient (Wildman–Crippen LogP) is 3.72. The van der Waals surface area contributed by atoms with Crippen LogP contribution >= 0.6 is 11.6 Å². The quantitative estimate of drug-likeness (QED) is 0.854. The van der Waals surface area contributed by atoms with E-state index >= 15 is 0 Å². The van der Waals surface area contributed by atoms with E-state index in [0.29, 0.717) is 6.04 Å². The van der Waals surface area contributed by atoms with Crippen molar-refractivity contribution in [2.45, 2.75) is 32.2 Å². The van der Waals surface area contributed by atoms with Crippen LogP contribution in [-0.2, 0) is 0 Å². The first-order chi connectivity index (χ1) is 9.16. The number of benzene rings is 1. The molecule has 1 saturated heterocycles. The summed E-state index contributed by atoms with van der Waals surface area (Å²) in [7, 11) is 2.21. The average Bonchev–Trinajstić information content (AvgIpc) is 2.92. The number of rotatable bonds is 6. The Labute approximate surface area is 122 Å². The van der Waals surface area contributed by atoms with Gasteiger partial charge in [0.2, 0.25) is 0 Å². The average molecular weight is 281 g/mol. The Morgan fingerprint density at radius 1 is 1.37 bits per heavy atom. The van der Waals surface area contributed by atoms with Gasteiger partial charge in [0.15, 0.2) is 0 Å². The number of nitrogens with zero attached hydrogens (tertiary/aromatic N) is 1. The Morgan fingerprint density at radius 2 is 2.11 bits per heavy atom. The second-order valence-electron chi connectivity index (χ2n) is 5.71. The molecule has 106 valence electrons. The standard InChI is InChI=1S/C16H25ClN2/c1-13(15-5-7-16(17)8-6-15)19(2)11-3-4-14-9-10-18-12-14/h5-8,13-14,18H,3-4,9-12H2,1-2H3. The minimum atomic E-state index is 0.457. The Bertz CT molecular complexity index is 371.